The van der Waals surface area contributed by atoms with E-state index in [2.05, 4.69) is 30.4 Å². The number of hydrogen-bond donors (Lipinski definition) is 3. The van der Waals surface area contributed by atoms with Crippen molar-refractivity contribution in [1.29, 1.82) is 0 Å². The third-order valence-electron chi connectivity index (χ3n) is 7.31. The molecule has 0 aliphatic heterocycles. The molecule has 1 fully saturated rings. The standard InChI is InChI=1S/C28H42N2O3/c1-19-7-6-8-20(13-19)15-23(31)9-10-24-25-16-21(14-22(25)17-26(24)32)11-12-29-18-27(33)30(5)28(2,3)4/h6-10,13-14,22-26,29,31-32H,11-12,15-18H2,1-5H3/b10-9+/t22-,23+,24+,25-,26+/m0/s1. The lowest BCUT2D eigenvalue weighted by Crippen LogP contribution is -2.46. The van der Waals surface area contributed by atoms with Crippen molar-refractivity contribution >= 4 is 5.91 Å². The average molecular weight is 455 g/mol. The first kappa shape index (κ1) is 25.7. The lowest BCUT2D eigenvalue weighted by Gasteiger charge is -2.32. The van der Waals surface area contributed by atoms with Crippen molar-refractivity contribution < 1.29 is 15.0 Å². The fraction of sp³-hybridized carbons (Fsp3) is 0.607. The molecule has 2 aliphatic rings. The molecule has 0 aromatic heterocycles. The number of carbonyl (C=O) groups excluding carboxylic acids is 1. The summed E-state index contributed by atoms with van der Waals surface area (Å²) >= 11 is 0. The van der Waals surface area contributed by atoms with E-state index in [-0.39, 0.29) is 23.5 Å². The minimum absolute atomic E-state index is 0.0888. The number of hydrogen-bond acceptors (Lipinski definition) is 4. The van der Waals surface area contributed by atoms with Crippen LogP contribution in [-0.4, -0.2) is 58.9 Å². The second-order valence-electron chi connectivity index (χ2n) is 10.9. The smallest absolute Gasteiger partial charge is 0.236 e. The summed E-state index contributed by atoms with van der Waals surface area (Å²) in [6.07, 6.45) is 8.68. The number of aryl methyl sites for hydroxylation is 1. The molecule has 0 heterocycles. The summed E-state index contributed by atoms with van der Waals surface area (Å²) in [6.45, 7) is 9.31. The number of amides is 1. The highest BCUT2D eigenvalue weighted by atomic mass is 16.3. The summed E-state index contributed by atoms with van der Waals surface area (Å²) in [6, 6.07) is 8.22. The zero-order chi connectivity index (χ0) is 24.2. The van der Waals surface area contributed by atoms with Crippen LogP contribution in [0.1, 0.15) is 51.2 Å². The molecule has 5 heteroatoms. The zero-order valence-electron chi connectivity index (χ0n) is 20.9. The molecule has 5 atom stereocenters. The minimum Gasteiger partial charge on any atom is -0.392 e. The first-order valence-electron chi connectivity index (χ1n) is 12.3. The van der Waals surface area contributed by atoms with Gasteiger partial charge in [0.1, 0.15) is 0 Å². The normalized spacial score (nSPS) is 25.8. The van der Waals surface area contributed by atoms with Crippen LogP contribution in [0.2, 0.25) is 0 Å². The maximum atomic E-state index is 12.3. The Morgan fingerprint density at radius 3 is 2.79 bits per heavy atom. The zero-order valence-corrected chi connectivity index (χ0v) is 20.9. The minimum atomic E-state index is -0.542. The van der Waals surface area contributed by atoms with E-state index in [1.807, 2.05) is 52.1 Å². The number of likely N-dealkylation sites (N-methyl/N-ethyl adjacent to an activating group) is 1. The summed E-state index contributed by atoms with van der Waals surface area (Å²) in [5, 5.41) is 24.4. The maximum Gasteiger partial charge on any atom is 0.236 e. The molecule has 1 amide bonds. The Morgan fingerprint density at radius 1 is 1.33 bits per heavy atom. The van der Waals surface area contributed by atoms with Crippen LogP contribution in [0.15, 0.2) is 48.1 Å². The lowest BCUT2D eigenvalue weighted by molar-refractivity contribution is -0.133. The fourth-order valence-corrected chi connectivity index (χ4v) is 5.13. The van der Waals surface area contributed by atoms with Gasteiger partial charge in [0.05, 0.1) is 18.8 Å². The second-order valence-corrected chi connectivity index (χ2v) is 10.9. The van der Waals surface area contributed by atoms with Crippen LogP contribution in [0.4, 0.5) is 0 Å². The Morgan fingerprint density at radius 2 is 2.09 bits per heavy atom. The van der Waals surface area contributed by atoms with Gasteiger partial charge in [-0.15, -0.1) is 0 Å². The summed E-state index contributed by atoms with van der Waals surface area (Å²) in [7, 11) is 1.85. The van der Waals surface area contributed by atoms with Gasteiger partial charge in [-0.3, -0.25) is 4.79 Å². The number of allylic oxidation sites excluding steroid dienone is 1. The largest absolute Gasteiger partial charge is 0.392 e. The molecule has 182 valence electrons. The number of nitrogens with zero attached hydrogens (tertiary/aromatic N) is 1. The van der Waals surface area contributed by atoms with Gasteiger partial charge in [0.25, 0.3) is 0 Å². The molecule has 0 radical (unpaired) electrons. The predicted octanol–water partition coefficient (Wildman–Crippen LogP) is 3.63. The third kappa shape index (κ3) is 7.02. The molecule has 0 unspecified atom stereocenters. The number of carbonyl (C=O) groups is 1. The SMILES string of the molecule is Cc1cccc(C[C@H](O)/C=C/[C@@H]2[C@H]3CC(CCNCC(=O)N(C)C(C)(C)C)=C[C@H]3C[C@H]2O)c1. The van der Waals surface area contributed by atoms with Crippen molar-refractivity contribution in [3.8, 4) is 0 Å². The number of fused-ring (bicyclic) bond motifs is 1. The molecular weight excluding hydrogens is 412 g/mol. The van der Waals surface area contributed by atoms with Crippen LogP contribution in [-0.2, 0) is 11.2 Å². The van der Waals surface area contributed by atoms with E-state index in [1.165, 1.54) is 11.1 Å². The molecule has 1 aromatic carbocycles. The second kappa shape index (κ2) is 11.0. The van der Waals surface area contributed by atoms with Crippen molar-refractivity contribution in [3.05, 3.63) is 59.2 Å². The van der Waals surface area contributed by atoms with Gasteiger partial charge in [-0.05, 0) is 70.9 Å². The maximum absolute atomic E-state index is 12.3. The van der Waals surface area contributed by atoms with Crippen LogP contribution in [0.5, 0.6) is 0 Å². The predicted molar refractivity (Wildman–Crippen MR) is 134 cm³/mol. The fourth-order valence-electron chi connectivity index (χ4n) is 5.13. The highest BCUT2D eigenvalue weighted by Gasteiger charge is 2.43. The highest BCUT2D eigenvalue weighted by Crippen LogP contribution is 2.47. The van der Waals surface area contributed by atoms with Gasteiger partial charge in [-0.1, -0.05) is 53.6 Å². The molecule has 3 N–H and O–H groups in total. The van der Waals surface area contributed by atoms with Crippen LogP contribution in [0, 0.1) is 24.7 Å². The topological polar surface area (TPSA) is 72.8 Å². The molecule has 33 heavy (non-hydrogen) atoms. The molecule has 2 aliphatic carbocycles. The number of rotatable bonds is 9. The van der Waals surface area contributed by atoms with Gasteiger partial charge in [0.2, 0.25) is 5.91 Å². The van der Waals surface area contributed by atoms with Crippen LogP contribution < -0.4 is 5.32 Å². The van der Waals surface area contributed by atoms with E-state index in [4.69, 9.17) is 0 Å². The van der Waals surface area contributed by atoms with Gasteiger partial charge >= 0.3 is 0 Å². The molecule has 5 nitrogen and oxygen atoms in total. The molecule has 0 saturated heterocycles. The van der Waals surface area contributed by atoms with Crippen molar-refractivity contribution in [2.24, 2.45) is 17.8 Å². The van der Waals surface area contributed by atoms with Gasteiger partial charge in [0, 0.05) is 24.9 Å². The molecule has 1 aromatic rings. The average Bonchev–Trinajstić information content (AvgIpc) is 3.24. The third-order valence-corrected chi connectivity index (χ3v) is 7.31. The summed E-state index contributed by atoms with van der Waals surface area (Å²) in [5.41, 5.74) is 3.57. The van der Waals surface area contributed by atoms with Gasteiger partial charge in [-0.2, -0.15) is 0 Å². The highest BCUT2D eigenvalue weighted by molar-refractivity contribution is 5.78. The molecule has 0 bridgehead atoms. The Labute approximate surface area is 199 Å². The Kier molecular flexibility index (Phi) is 8.54. The first-order chi connectivity index (χ1) is 15.5. The number of aliphatic hydroxyl groups excluding tert-OH is 2. The number of benzene rings is 1. The molecule has 1 saturated carbocycles. The number of aliphatic hydroxyl groups is 2. The van der Waals surface area contributed by atoms with Crippen LogP contribution >= 0.6 is 0 Å². The van der Waals surface area contributed by atoms with Gasteiger partial charge in [0.15, 0.2) is 0 Å². The number of nitrogens with one attached hydrogen (secondary N) is 1. The van der Waals surface area contributed by atoms with Gasteiger partial charge in [-0.25, -0.2) is 0 Å². The first-order valence-corrected chi connectivity index (χ1v) is 12.3. The Hall–Kier alpha value is -1.95. The van der Waals surface area contributed by atoms with Crippen molar-refractivity contribution in [3.63, 3.8) is 0 Å². The van der Waals surface area contributed by atoms with E-state index in [0.717, 1.165) is 31.4 Å². The molecular formula is C28H42N2O3. The molecule has 0 spiro atoms. The van der Waals surface area contributed by atoms with E-state index in [1.54, 1.807) is 4.90 Å². The van der Waals surface area contributed by atoms with E-state index in [9.17, 15) is 15.0 Å². The quantitative estimate of drug-likeness (QED) is 0.394. The van der Waals surface area contributed by atoms with E-state index >= 15 is 0 Å². The van der Waals surface area contributed by atoms with Gasteiger partial charge < -0.3 is 20.4 Å². The van der Waals surface area contributed by atoms with Crippen LogP contribution in [0.25, 0.3) is 0 Å². The Bertz CT molecular complexity index is 870. The monoisotopic (exact) mass is 454 g/mol. The summed E-state index contributed by atoms with van der Waals surface area (Å²) in [5.74, 6) is 1.02. The van der Waals surface area contributed by atoms with E-state index < -0.39 is 6.10 Å². The molecule has 3 rings (SSSR count). The summed E-state index contributed by atoms with van der Waals surface area (Å²) < 4.78 is 0. The van der Waals surface area contributed by atoms with Crippen LogP contribution in [0.3, 0.4) is 0 Å². The van der Waals surface area contributed by atoms with Crippen molar-refractivity contribution in [1.82, 2.24) is 10.2 Å². The van der Waals surface area contributed by atoms with E-state index in [0.29, 0.717) is 24.8 Å². The van der Waals surface area contributed by atoms with Crippen molar-refractivity contribution in [2.75, 3.05) is 20.1 Å². The van der Waals surface area contributed by atoms with Crippen molar-refractivity contribution in [2.45, 2.75) is 71.1 Å². The summed E-state index contributed by atoms with van der Waals surface area (Å²) in [4.78, 5) is 14.1. The lowest BCUT2D eigenvalue weighted by atomic mass is 9.88. The Balaban J connectivity index is 1.45.